The molecule has 0 atom stereocenters. The Kier molecular flexibility index (Phi) is 5.91. The normalized spacial score (nSPS) is 10.6. The van der Waals surface area contributed by atoms with E-state index < -0.39 is 0 Å². The van der Waals surface area contributed by atoms with Gasteiger partial charge in [-0.25, -0.2) is 4.68 Å². The minimum Gasteiger partial charge on any atom is -0.494 e. The van der Waals surface area contributed by atoms with Gasteiger partial charge in [0.1, 0.15) is 5.75 Å². The molecule has 0 saturated carbocycles. The molecule has 0 saturated heterocycles. The predicted molar refractivity (Wildman–Crippen MR) is 108 cm³/mol. The van der Waals surface area contributed by atoms with Crippen LogP contribution in [0.4, 0.5) is 5.69 Å². The van der Waals surface area contributed by atoms with Crippen LogP contribution < -0.4 is 10.1 Å². The van der Waals surface area contributed by atoms with E-state index in [0.29, 0.717) is 6.61 Å². The van der Waals surface area contributed by atoms with Crippen molar-refractivity contribution in [3.05, 3.63) is 77.1 Å². The molecule has 0 amide bonds. The lowest BCUT2D eigenvalue weighted by molar-refractivity contribution is 0.0910. The lowest BCUT2D eigenvalue weighted by atomic mass is 10.0. The number of hydrogen-bond acceptors (Lipinski definition) is 4. The second kappa shape index (κ2) is 8.54. The Morgan fingerprint density at radius 1 is 1.07 bits per heavy atom. The van der Waals surface area contributed by atoms with Gasteiger partial charge in [-0.2, -0.15) is 5.10 Å². The number of anilines is 1. The van der Waals surface area contributed by atoms with E-state index in [2.05, 4.69) is 22.5 Å². The van der Waals surface area contributed by atoms with Gasteiger partial charge in [0.25, 0.3) is 5.91 Å². The summed E-state index contributed by atoms with van der Waals surface area (Å²) < 4.78 is 6.94. The molecule has 0 aliphatic rings. The fourth-order valence-electron chi connectivity index (χ4n) is 3.06. The first-order valence-corrected chi connectivity index (χ1v) is 9.17. The van der Waals surface area contributed by atoms with Crippen molar-refractivity contribution >= 4 is 11.6 Å². The summed E-state index contributed by atoms with van der Waals surface area (Å²) in [6.07, 6.45) is 0.776. The summed E-state index contributed by atoms with van der Waals surface area (Å²) in [4.78, 5) is 12.6. The van der Waals surface area contributed by atoms with Crippen LogP contribution in [0.15, 0.2) is 54.6 Å². The van der Waals surface area contributed by atoms with E-state index in [1.54, 1.807) is 0 Å². The Hall–Kier alpha value is -3.08. The van der Waals surface area contributed by atoms with Gasteiger partial charge >= 0.3 is 0 Å². The highest BCUT2D eigenvalue weighted by Crippen LogP contribution is 2.18. The van der Waals surface area contributed by atoms with Gasteiger partial charge in [0.15, 0.2) is 0 Å². The summed E-state index contributed by atoms with van der Waals surface area (Å²) in [5, 5.41) is 7.62. The van der Waals surface area contributed by atoms with Crippen LogP contribution in [0.25, 0.3) is 0 Å². The molecule has 1 N–H and O–H groups in total. The fourth-order valence-corrected chi connectivity index (χ4v) is 3.06. The third-order valence-corrected chi connectivity index (χ3v) is 4.51. The van der Waals surface area contributed by atoms with Gasteiger partial charge in [0.05, 0.1) is 18.8 Å². The van der Waals surface area contributed by atoms with Crippen molar-refractivity contribution in [1.82, 2.24) is 9.78 Å². The highest BCUT2D eigenvalue weighted by molar-refractivity contribution is 5.83. The van der Waals surface area contributed by atoms with Crippen LogP contribution >= 0.6 is 0 Å². The molecule has 0 aliphatic carbocycles. The number of aromatic nitrogens is 2. The molecule has 27 heavy (non-hydrogen) atoms. The molecular weight excluding hydrogens is 338 g/mol. The number of benzene rings is 2. The number of carbonyl (C=O) groups excluding carboxylic acids is 1. The molecule has 0 spiro atoms. The maximum Gasteiger partial charge on any atom is 0.266 e. The fraction of sp³-hybridized carbons (Fsp3) is 0.273. The zero-order chi connectivity index (χ0) is 19.2. The first kappa shape index (κ1) is 18.7. The summed E-state index contributed by atoms with van der Waals surface area (Å²) in [6.45, 7) is 6.67. The molecule has 2 aromatic carbocycles. The third kappa shape index (κ3) is 4.56. The van der Waals surface area contributed by atoms with Crippen LogP contribution in [0.5, 0.6) is 5.75 Å². The first-order valence-electron chi connectivity index (χ1n) is 9.17. The van der Waals surface area contributed by atoms with E-state index in [1.165, 1.54) is 10.2 Å². The van der Waals surface area contributed by atoms with E-state index in [1.807, 2.05) is 63.2 Å². The third-order valence-electron chi connectivity index (χ3n) is 4.51. The van der Waals surface area contributed by atoms with Crippen LogP contribution in [0.3, 0.4) is 0 Å². The maximum absolute atomic E-state index is 12.6. The smallest absolute Gasteiger partial charge is 0.266 e. The molecule has 140 valence electrons. The number of aryl methyl sites for hydroxylation is 1. The lowest BCUT2D eigenvalue weighted by Crippen LogP contribution is -2.23. The Balaban J connectivity index is 1.67. The van der Waals surface area contributed by atoms with Crippen molar-refractivity contribution < 1.29 is 9.53 Å². The van der Waals surface area contributed by atoms with Crippen molar-refractivity contribution in [3.63, 3.8) is 0 Å². The number of carbonyl (C=O) groups is 1. The molecule has 3 aromatic rings. The second-order valence-electron chi connectivity index (χ2n) is 6.43. The summed E-state index contributed by atoms with van der Waals surface area (Å²) in [5.41, 5.74) is 4.98. The van der Waals surface area contributed by atoms with Gasteiger partial charge in [-0.1, -0.05) is 30.3 Å². The molecule has 0 radical (unpaired) electrons. The quantitative estimate of drug-likeness (QED) is 0.682. The van der Waals surface area contributed by atoms with Crippen LogP contribution in [-0.4, -0.2) is 28.8 Å². The topological polar surface area (TPSA) is 56.1 Å². The Morgan fingerprint density at radius 3 is 2.44 bits per heavy atom. The average Bonchev–Trinajstić information content (AvgIpc) is 2.96. The molecule has 1 aromatic heterocycles. The number of rotatable bonds is 7. The zero-order valence-electron chi connectivity index (χ0n) is 16.0. The molecule has 0 aliphatic heterocycles. The van der Waals surface area contributed by atoms with Crippen LogP contribution in [0, 0.1) is 13.8 Å². The van der Waals surface area contributed by atoms with Crippen molar-refractivity contribution in [2.45, 2.75) is 27.2 Å². The molecule has 3 rings (SSSR count). The summed E-state index contributed by atoms with van der Waals surface area (Å²) in [6, 6.07) is 17.8. The Bertz CT molecular complexity index is 899. The Morgan fingerprint density at radius 2 is 1.78 bits per heavy atom. The van der Waals surface area contributed by atoms with Crippen molar-refractivity contribution in [3.8, 4) is 5.75 Å². The van der Waals surface area contributed by atoms with Gasteiger partial charge in [-0.15, -0.1) is 0 Å². The zero-order valence-corrected chi connectivity index (χ0v) is 16.0. The van der Waals surface area contributed by atoms with E-state index in [-0.39, 0.29) is 12.5 Å². The van der Waals surface area contributed by atoms with Crippen molar-refractivity contribution in [1.29, 1.82) is 0 Å². The molecule has 0 unspecified atom stereocenters. The van der Waals surface area contributed by atoms with E-state index in [9.17, 15) is 4.79 Å². The molecular formula is C22H25N3O2. The molecule has 5 nitrogen and oxygen atoms in total. The monoisotopic (exact) mass is 363 g/mol. The number of hydrogen-bond donors (Lipinski definition) is 1. The van der Waals surface area contributed by atoms with Crippen LogP contribution in [0.2, 0.25) is 0 Å². The van der Waals surface area contributed by atoms with Gasteiger partial charge in [-0.3, -0.25) is 4.79 Å². The molecule has 0 fully saturated rings. The summed E-state index contributed by atoms with van der Waals surface area (Å²) in [5.74, 6) is 0.738. The van der Waals surface area contributed by atoms with Gasteiger partial charge in [0.2, 0.25) is 0 Å². The first-order chi connectivity index (χ1) is 13.1. The van der Waals surface area contributed by atoms with Crippen molar-refractivity contribution in [2.75, 3.05) is 18.5 Å². The molecule has 1 heterocycles. The van der Waals surface area contributed by atoms with Crippen LogP contribution in [-0.2, 0) is 6.42 Å². The minimum atomic E-state index is -0.0798. The van der Waals surface area contributed by atoms with E-state index in [4.69, 9.17) is 4.74 Å². The SMILES string of the molecule is CCOc1ccc(NCC(=O)n2nc(C)c(Cc3ccccc3)c2C)cc1. The predicted octanol–water partition coefficient (Wildman–Crippen LogP) is 4.24. The minimum absolute atomic E-state index is 0.0798. The number of nitrogens with one attached hydrogen (secondary N) is 1. The second-order valence-corrected chi connectivity index (χ2v) is 6.43. The highest BCUT2D eigenvalue weighted by Gasteiger charge is 2.16. The number of ether oxygens (including phenoxy) is 1. The lowest BCUT2D eigenvalue weighted by Gasteiger charge is -2.09. The Labute approximate surface area is 160 Å². The van der Waals surface area contributed by atoms with E-state index >= 15 is 0 Å². The molecule has 5 heteroatoms. The summed E-state index contributed by atoms with van der Waals surface area (Å²) in [7, 11) is 0. The van der Waals surface area contributed by atoms with Gasteiger partial charge in [-0.05, 0) is 50.6 Å². The van der Waals surface area contributed by atoms with Gasteiger partial charge in [0, 0.05) is 23.4 Å². The maximum atomic E-state index is 12.6. The average molecular weight is 363 g/mol. The standard InChI is InChI=1S/C22H25N3O2/c1-4-27-20-12-10-19(11-13-20)23-15-22(26)25-17(3)21(16(2)24-25)14-18-8-6-5-7-9-18/h5-13,23H,4,14-15H2,1-3H3. The number of nitrogens with zero attached hydrogens (tertiary/aromatic N) is 2. The van der Waals surface area contributed by atoms with Crippen LogP contribution in [0.1, 0.15) is 34.2 Å². The summed E-state index contributed by atoms with van der Waals surface area (Å²) >= 11 is 0. The van der Waals surface area contributed by atoms with Crippen molar-refractivity contribution in [2.24, 2.45) is 0 Å². The van der Waals surface area contributed by atoms with E-state index in [0.717, 1.165) is 34.8 Å². The van der Waals surface area contributed by atoms with Gasteiger partial charge < -0.3 is 10.1 Å². The highest BCUT2D eigenvalue weighted by atomic mass is 16.5. The molecule has 0 bridgehead atoms. The largest absolute Gasteiger partial charge is 0.494 e.